The number of anilines is 1. The standard InChI is InChI=1S/C19H19N3O4/c1-3-21-16-7-5-4-6-15(16)17(18(19(21)23)22(24)25)20-12-13-8-10-14(26-2)11-9-13/h4-11,20H,3,12H2,1-2H3. The highest BCUT2D eigenvalue weighted by atomic mass is 16.6. The fourth-order valence-electron chi connectivity index (χ4n) is 2.99. The minimum Gasteiger partial charge on any atom is -0.497 e. The van der Waals surface area contributed by atoms with Crippen LogP contribution < -0.4 is 15.6 Å². The summed E-state index contributed by atoms with van der Waals surface area (Å²) in [6.45, 7) is 2.51. The Balaban J connectivity index is 2.09. The van der Waals surface area contributed by atoms with Crippen molar-refractivity contribution in [2.24, 2.45) is 0 Å². The van der Waals surface area contributed by atoms with E-state index in [1.807, 2.05) is 30.3 Å². The lowest BCUT2D eigenvalue weighted by Crippen LogP contribution is -2.24. The second-order valence-corrected chi connectivity index (χ2v) is 5.75. The molecule has 0 bridgehead atoms. The van der Waals surface area contributed by atoms with E-state index in [4.69, 9.17) is 4.74 Å². The third kappa shape index (κ3) is 3.11. The summed E-state index contributed by atoms with van der Waals surface area (Å²) in [5.41, 5.74) is 0.801. The van der Waals surface area contributed by atoms with Crippen molar-refractivity contribution in [3.8, 4) is 5.75 Å². The molecule has 134 valence electrons. The number of pyridine rings is 1. The monoisotopic (exact) mass is 353 g/mol. The largest absolute Gasteiger partial charge is 0.497 e. The lowest BCUT2D eigenvalue weighted by atomic mass is 10.1. The molecule has 3 rings (SSSR count). The molecular formula is C19H19N3O4. The van der Waals surface area contributed by atoms with Crippen LogP contribution in [0.25, 0.3) is 10.9 Å². The van der Waals surface area contributed by atoms with Gasteiger partial charge in [-0.3, -0.25) is 14.9 Å². The maximum absolute atomic E-state index is 12.6. The minimum absolute atomic E-state index is 0.246. The number of fused-ring (bicyclic) bond motifs is 1. The number of nitrogens with one attached hydrogen (secondary N) is 1. The number of aryl methyl sites for hydroxylation is 1. The quantitative estimate of drug-likeness (QED) is 0.541. The molecule has 0 amide bonds. The van der Waals surface area contributed by atoms with Crippen molar-refractivity contribution in [2.45, 2.75) is 20.0 Å². The van der Waals surface area contributed by atoms with Crippen molar-refractivity contribution in [2.75, 3.05) is 12.4 Å². The number of para-hydroxylation sites is 1. The van der Waals surface area contributed by atoms with Crippen molar-refractivity contribution < 1.29 is 9.66 Å². The van der Waals surface area contributed by atoms with E-state index in [0.717, 1.165) is 11.3 Å². The van der Waals surface area contributed by atoms with E-state index < -0.39 is 16.2 Å². The van der Waals surface area contributed by atoms with Gasteiger partial charge >= 0.3 is 11.2 Å². The molecule has 3 aromatic rings. The second kappa shape index (κ2) is 7.26. The summed E-state index contributed by atoms with van der Waals surface area (Å²) in [4.78, 5) is 23.6. The predicted octanol–water partition coefficient (Wildman–Crippen LogP) is 3.55. The minimum atomic E-state index is -0.614. The number of methoxy groups -OCH3 is 1. The Labute approximate surface area is 150 Å². The van der Waals surface area contributed by atoms with Gasteiger partial charge in [-0.2, -0.15) is 0 Å². The summed E-state index contributed by atoms with van der Waals surface area (Å²) < 4.78 is 6.55. The lowest BCUT2D eigenvalue weighted by Gasteiger charge is -2.14. The maximum Gasteiger partial charge on any atom is 0.357 e. The van der Waals surface area contributed by atoms with E-state index in [1.54, 1.807) is 32.2 Å². The van der Waals surface area contributed by atoms with Crippen LogP contribution in [0.4, 0.5) is 11.4 Å². The van der Waals surface area contributed by atoms with Crippen LogP contribution >= 0.6 is 0 Å². The van der Waals surface area contributed by atoms with E-state index in [-0.39, 0.29) is 5.69 Å². The normalized spacial score (nSPS) is 10.7. The van der Waals surface area contributed by atoms with Gasteiger partial charge in [0.1, 0.15) is 11.4 Å². The maximum atomic E-state index is 12.6. The van der Waals surface area contributed by atoms with Crippen LogP contribution in [0.1, 0.15) is 12.5 Å². The summed E-state index contributed by atoms with van der Waals surface area (Å²) in [5, 5.41) is 15.3. The number of rotatable bonds is 6. The van der Waals surface area contributed by atoms with Crippen LogP contribution in [0.3, 0.4) is 0 Å². The molecule has 7 nitrogen and oxygen atoms in total. The smallest absolute Gasteiger partial charge is 0.357 e. The molecule has 0 radical (unpaired) electrons. The molecule has 0 atom stereocenters. The van der Waals surface area contributed by atoms with Gasteiger partial charge in [0.15, 0.2) is 0 Å². The molecule has 0 aliphatic heterocycles. The Kier molecular flexibility index (Phi) is 4.88. The third-order valence-corrected chi connectivity index (χ3v) is 4.28. The number of nitrogens with zero attached hydrogens (tertiary/aromatic N) is 2. The third-order valence-electron chi connectivity index (χ3n) is 4.28. The Hall–Kier alpha value is -3.35. The molecule has 1 heterocycles. The lowest BCUT2D eigenvalue weighted by molar-refractivity contribution is -0.385. The van der Waals surface area contributed by atoms with Gasteiger partial charge in [0.25, 0.3) is 0 Å². The van der Waals surface area contributed by atoms with Gasteiger partial charge in [-0.1, -0.05) is 30.3 Å². The van der Waals surface area contributed by atoms with E-state index in [0.29, 0.717) is 24.0 Å². The number of hydrogen-bond acceptors (Lipinski definition) is 5. The zero-order chi connectivity index (χ0) is 18.7. The van der Waals surface area contributed by atoms with Gasteiger partial charge in [0, 0.05) is 18.5 Å². The number of benzene rings is 2. The first-order chi connectivity index (χ1) is 12.6. The molecule has 0 saturated heterocycles. The fraction of sp³-hybridized carbons (Fsp3) is 0.211. The highest BCUT2D eigenvalue weighted by Crippen LogP contribution is 2.30. The number of aromatic nitrogens is 1. The number of hydrogen-bond donors (Lipinski definition) is 1. The molecule has 0 aliphatic rings. The second-order valence-electron chi connectivity index (χ2n) is 5.75. The van der Waals surface area contributed by atoms with Crippen LogP contribution in [-0.4, -0.2) is 16.6 Å². The first-order valence-electron chi connectivity index (χ1n) is 8.23. The summed E-state index contributed by atoms with van der Waals surface area (Å²) in [5.74, 6) is 0.732. The Morgan fingerprint density at radius 2 is 1.85 bits per heavy atom. The molecule has 0 saturated carbocycles. The van der Waals surface area contributed by atoms with Crippen molar-refractivity contribution in [1.29, 1.82) is 0 Å². The molecule has 0 aliphatic carbocycles. The Bertz CT molecular complexity index is 1010. The van der Waals surface area contributed by atoms with Gasteiger partial charge in [0.05, 0.1) is 17.5 Å². The molecular weight excluding hydrogens is 334 g/mol. The number of ether oxygens (including phenoxy) is 1. The van der Waals surface area contributed by atoms with Crippen molar-refractivity contribution in [3.05, 3.63) is 74.6 Å². The summed E-state index contributed by atoms with van der Waals surface area (Å²) in [6, 6.07) is 14.6. The van der Waals surface area contributed by atoms with Gasteiger partial charge in [-0.15, -0.1) is 0 Å². The van der Waals surface area contributed by atoms with E-state index in [2.05, 4.69) is 5.32 Å². The van der Waals surface area contributed by atoms with Gasteiger partial charge in [-0.05, 0) is 30.7 Å². The van der Waals surface area contributed by atoms with Crippen LogP contribution in [0, 0.1) is 10.1 Å². The molecule has 0 unspecified atom stereocenters. The van der Waals surface area contributed by atoms with Crippen LogP contribution in [0.5, 0.6) is 5.75 Å². The summed E-state index contributed by atoms with van der Waals surface area (Å²) in [6.07, 6.45) is 0. The summed E-state index contributed by atoms with van der Waals surface area (Å²) in [7, 11) is 1.59. The van der Waals surface area contributed by atoms with Gasteiger partial charge in [-0.25, -0.2) is 0 Å². The average molecular weight is 353 g/mol. The Morgan fingerprint density at radius 3 is 2.46 bits per heavy atom. The molecule has 0 fully saturated rings. The zero-order valence-electron chi connectivity index (χ0n) is 14.6. The summed E-state index contributed by atoms with van der Waals surface area (Å²) >= 11 is 0. The first-order valence-corrected chi connectivity index (χ1v) is 8.23. The van der Waals surface area contributed by atoms with Crippen LogP contribution in [-0.2, 0) is 13.1 Å². The topological polar surface area (TPSA) is 86.4 Å². The van der Waals surface area contributed by atoms with E-state index >= 15 is 0 Å². The SMILES string of the molecule is CCn1c(=O)c([N+](=O)[O-])c(NCc2ccc(OC)cc2)c2ccccc21. The number of nitro groups is 1. The average Bonchev–Trinajstić information content (AvgIpc) is 2.66. The first kappa shape index (κ1) is 17.5. The zero-order valence-corrected chi connectivity index (χ0v) is 14.6. The van der Waals surface area contributed by atoms with Gasteiger partial charge < -0.3 is 14.6 Å². The molecule has 1 N–H and O–H groups in total. The molecule has 0 spiro atoms. The molecule has 1 aromatic heterocycles. The fourth-order valence-corrected chi connectivity index (χ4v) is 2.99. The molecule has 2 aromatic carbocycles. The van der Waals surface area contributed by atoms with E-state index in [9.17, 15) is 14.9 Å². The van der Waals surface area contributed by atoms with Crippen molar-refractivity contribution >= 4 is 22.3 Å². The highest BCUT2D eigenvalue weighted by Gasteiger charge is 2.25. The molecule has 26 heavy (non-hydrogen) atoms. The van der Waals surface area contributed by atoms with Crippen molar-refractivity contribution in [1.82, 2.24) is 4.57 Å². The predicted molar refractivity (Wildman–Crippen MR) is 101 cm³/mol. The van der Waals surface area contributed by atoms with Crippen molar-refractivity contribution in [3.63, 3.8) is 0 Å². The van der Waals surface area contributed by atoms with Gasteiger partial charge in [0.2, 0.25) is 0 Å². The molecule has 7 heteroatoms. The highest BCUT2D eigenvalue weighted by molar-refractivity contribution is 5.96. The van der Waals surface area contributed by atoms with Crippen LogP contribution in [0.15, 0.2) is 53.3 Å². The van der Waals surface area contributed by atoms with E-state index in [1.165, 1.54) is 4.57 Å². The Morgan fingerprint density at radius 1 is 1.15 bits per heavy atom. The van der Waals surface area contributed by atoms with Crippen LogP contribution in [0.2, 0.25) is 0 Å².